The minimum Gasteiger partial charge on any atom is -0.318 e. The summed E-state index contributed by atoms with van der Waals surface area (Å²) in [6.07, 6.45) is 15.5. The van der Waals surface area contributed by atoms with Crippen LogP contribution in [0.25, 0.3) is 0 Å². The number of carbonyl (C=O) groups excluding carboxylic acids is 1. The van der Waals surface area contributed by atoms with Crippen LogP contribution in [0.4, 0.5) is 10.5 Å². The molecular formula is C30H30ClN5OS. The summed E-state index contributed by atoms with van der Waals surface area (Å²) >= 11 is 6.67. The van der Waals surface area contributed by atoms with Crippen molar-refractivity contribution >= 4 is 45.1 Å². The van der Waals surface area contributed by atoms with E-state index < -0.39 is 0 Å². The highest BCUT2D eigenvalue weighted by molar-refractivity contribution is 8.19. The van der Waals surface area contributed by atoms with E-state index in [1.54, 1.807) is 11.3 Å². The Morgan fingerprint density at radius 2 is 1.89 bits per heavy atom. The molecule has 38 heavy (non-hydrogen) atoms. The first kappa shape index (κ1) is 24.8. The molecule has 2 amide bonds. The van der Waals surface area contributed by atoms with Gasteiger partial charge in [0.15, 0.2) is 5.82 Å². The van der Waals surface area contributed by atoms with E-state index >= 15 is 0 Å². The molecule has 0 spiro atoms. The van der Waals surface area contributed by atoms with Crippen molar-refractivity contribution < 1.29 is 4.79 Å². The van der Waals surface area contributed by atoms with E-state index in [1.165, 1.54) is 21.0 Å². The number of nitrogens with zero attached hydrogens (tertiary/aromatic N) is 5. The molecule has 0 saturated heterocycles. The highest BCUT2D eigenvalue weighted by Gasteiger charge is 2.40. The van der Waals surface area contributed by atoms with Gasteiger partial charge in [0, 0.05) is 29.8 Å². The third kappa shape index (κ3) is 4.29. The maximum Gasteiger partial charge on any atom is 0.347 e. The number of rotatable bonds is 6. The number of amides is 2. The van der Waals surface area contributed by atoms with Gasteiger partial charge < -0.3 is 9.80 Å². The van der Waals surface area contributed by atoms with Gasteiger partial charge in [-0.05, 0) is 42.4 Å². The molecule has 8 heteroatoms. The number of hydrazone groups is 1. The molecule has 1 atom stereocenters. The minimum atomic E-state index is -0.145. The zero-order chi connectivity index (χ0) is 26.2. The van der Waals surface area contributed by atoms with Crippen molar-refractivity contribution in [1.29, 1.82) is 0 Å². The maximum absolute atomic E-state index is 14.1. The first-order valence-corrected chi connectivity index (χ1v) is 14.9. The molecule has 2 aromatic rings. The van der Waals surface area contributed by atoms with Crippen molar-refractivity contribution in [3.05, 3.63) is 112 Å². The van der Waals surface area contributed by atoms with Gasteiger partial charge in [0.05, 0.1) is 21.9 Å². The number of halogens is 1. The van der Waals surface area contributed by atoms with E-state index in [0.717, 1.165) is 30.5 Å². The van der Waals surface area contributed by atoms with E-state index in [-0.39, 0.29) is 16.5 Å². The number of fused-ring (bicyclic) bond motifs is 4. The second-order valence-corrected chi connectivity index (χ2v) is 11.9. The lowest BCUT2D eigenvalue weighted by molar-refractivity contribution is 0.161. The van der Waals surface area contributed by atoms with E-state index in [4.69, 9.17) is 11.6 Å². The predicted molar refractivity (Wildman–Crippen MR) is 159 cm³/mol. The third-order valence-corrected chi connectivity index (χ3v) is 9.49. The lowest BCUT2D eigenvalue weighted by Crippen LogP contribution is -2.41. The largest absolute Gasteiger partial charge is 0.347 e. The molecule has 0 bridgehead atoms. The molecule has 1 aliphatic carbocycles. The molecule has 3 aliphatic heterocycles. The SMILES string of the molecule is CCCCN(Cc1ccccc1)C(=O)N1N=CN2C1=CN(c1ccccc1Cl)C=C1C3=C(C=CC3)S(C)=C12. The predicted octanol–water partition coefficient (Wildman–Crippen LogP) is 7.08. The van der Waals surface area contributed by atoms with Gasteiger partial charge in [0.1, 0.15) is 6.34 Å². The molecule has 0 fully saturated rings. The topological polar surface area (TPSA) is 42.4 Å². The van der Waals surface area contributed by atoms with Crippen LogP contribution in [0.1, 0.15) is 31.7 Å². The summed E-state index contributed by atoms with van der Waals surface area (Å²) in [6.45, 7) is 3.34. The average Bonchev–Trinajstić information content (AvgIpc) is 3.61. The Labute approximate surface area is 231 Å². The lowest BCUT2D eigenvalue weighted by atomic mass is 10.1. The lowest BCUT2D eigenvalue weighted by Gasteiger charge is -2.29. The van der Waals surface area contributed by atoms with E-state index in [9.17, 15) is 4.79 Å². The van der Waals surface area contributed by atoms with Crippen LogP contribution in [0.2, 0.25) is 5.02 Å². The number of allylic oxidation sites excluding steroid dienone is 2. The fraction of sp³-hybridized carbons (Fsp3) is 0.233. The van der Waals surface area contributed by atoms with Crippen LogP contribution >= 0.6 is 22.1 Å². The number of hydrogen-bond donors (Lipinski definition) is 0. The summed E-state index contributed by atoms with van der Waals surface area (Å²) in [5.74, 6) is 0.704. The fourth-order valence-electron chi connectivity index (χ4n) is 5.20. The second-order valence-electron chi connectivity index (χ2n) is 9.61. The maximum atomic E-state index is 14.1. The number of urea groups is 1. The van der Waals surface area contributed by atoms with Crippen LogP contribution < -0.4 is 4.90 Å². The van der Waals surface area contributed by atoms with Gasteiger partial charge >= 0.3 is 6.03 Å². The molecule has 3 heterocycles. The normalized spacial score (nSPS) is 19.4. The van der Waals surface area contributed by atoms with Crippen molar-refractivity contribution in [1.82, 2.24) is 14.8 Å². The molecule has 194 valence electrons. The number of unbranched alkanes of at least 4 members (excludes halogenated alkanes) is 1. The molecule has 6 nitrogen and oxygen atoms in total. The average molecular weight is 544 g/mol. The molecular weight excluding hydrogens is 514 g/mol. The zero-order valence-electron chi connectivity index (χ0n) is 21.5. The molecule has 6 rings (SSSR count). The first-order valence-electron chi connectivity index (χ1n) is 12.9. The van der Waals surface area contributed by atoms with E-state index in [2.05, 4.69) is 53.7 Å². The van der Waals surface area contributed by atoms with Crippen LogP contribution in [0.5, 0.6) is 0 Å². The Morgan fingerprint density at radius 3 is 2.68 bits per heavy atom. The number of benzene rings is 2. The smallest absolute Gasteiger partial charge is 0.318 e. The Kier molecular flexibility index (Phi) is 6.72. The summed E-state index contributed by atoms with van der Waals surface area (Å²) in [5, 5.41) is 6.86. The highest BCUT2D eigenvalue weighted by atomic mass is 35.5. The summed E-state index contributed by atoms with van der Waals surface area (Å²) < 4.78 is 0. The number of anilines is 1. The van der Waals surface area contributed by atoms with Crippen LogP contribution in [-0.4, -0.2) is 45.0 Å². The fourth-order valence-corrected chi connectivity index (χ4v) is 7.44. The highest BCUT2D eigenvalue weighted by Crippen LogP contribution is 2.48. The molecule has 4 aliphatic rings. The third-order valence-electron chi connectivity index (χ3n) is 7.13. The van der Waals surface area contributed by atoms with E-state index in [0.29, 0.717) is 23.9 Å². The second kappa shape index (κ2) is 10.3. The van der Waals surface area contributed by atoms with Crippen LogP contribution in [0, 0.1) is 0 Å². The summed E-state index contributed by atoms with van der Waals surface area (Å²) in [4.78, 5) is 22.6. The molecule has 0 aromatic heterocycles. The van der Waals surface area contributed by atoms with Gasteiger partial charge in [-0.25, -0.2) is 4.79 Å². The van der Waals surface area contributed by atoms with Crippen LogP contribution in [0.3, 0.4) is 0 Å². The number of para-hydroxylation sites is 1. The minimum absolute atomic E-state index is 0.134. The quantitative estimate of drug-likeness (QED) is 0.365. The molecule has 0 radical (unpaired) electrons. The van der Waals surface area contributed by atoms with Gasteiger partial charge in [-0.1, -0.05) is 79.6 Å². The van der Waals surface area contributed by atoms with Crippen molar-refractivity contribution in [2.45, 2.75) is 32.7 Å². The Hall–Kier alpha value is -3.55. The Balaban J connectivity index is 1.41. The van der Waals surface area contributed by atoms with Crippen LogP contribution in [-0.2, 0) is 6.54 Å². The van der Waals surface area contributed by atoms with E-state index in [1.807, 2.05) is 58.5 Å². The van der Waals surface area contributed by atoms with Crippen molar-refractivity contribution in [3.8, 4) is 0 Å². The van der Waals surface area contributed by atoms with Gasteiger partial charge in [-0.2, -0.15) is 10.1 Å². The molecule has 0 N–H and O–H groups in total. The summed E-state index contributed by atoms with van der Waals surface area (Å²) in [6, 6.07) is 17.8. The zero-order valence-corrected chi connectivity index (χ0v) is 23.1. The van der Waals surface area contributed by atoms with Crippen molar-refractivity contribution in [2.75, 3.05) is 17.7 Å². The number of hydrogen-bond acceptors (Lipinski definition) is 4. The molecule has 2 aromatic carbocycles. The van der Waals surface area contributed by atoms with Gasteiger partial charge in [-0.15, -0.1) is 10.5 Å². The summed E-state index contributed by atoms with van der Waals surface area (Å²) in [7, 11) is -0.145. The Morgan fingerprint density at radius 1 is 1.11 bits per heavy atom. The van der Waals surface area contributed by atoms with Crippen molar-refractivity contribution in [3.63, 3.8) is 0 Å². The molecule has 0 saturated carbocycles. The molecule has 1 unspecified atom stereocenters. The number of carbonyl (C=O) groups is 1. The first-order chi connectivity index (χ1) is 18.6. The van der Waals surface area contributed by atoms with Crippen molar-refractivity contribution in [2.24, 2.45) is 5.10 Å². The van der Waals surface area contributed by atoms with Gasteiger partial charge in [-0.3, -0.25) is 4.90 Å². The monoisotopic (exact) mass is 543 g/mol. The Bertz CT molecular complexity index is 1470. The van der Waals surface area contributed by atoms with Gasteiger partial charge in [0.25, 0.3) is 0 Å². The standard InChI is InChI=1S/C30H30ClN5OS/c1-3-4-17-33(18-22-11-6-5-7-12-22)30(37)36-28-20-34(26-15-9-8-14-25(26)31)19-24-23-13-10-16-27(23)38(2)29(24)35(28)21-32-36/h5-12,14-16,19-21H,3-4,13,17-18H2,1-2H3. The van der Waals surface area contributed by atoms with Gasteiger partial charge in [0.2, 0.25) is 0 Å². The van der Waals surface area contributed by atoms with Crippen LogP contribution in [0.15, 0.2) is 106 Å². The summed E-state index contributed by atoms with van der Waals surface area (Å²) in [5.41, 5.74) is 4.47.